The Labute approximate surface area is 59.8 Å². The van der Waals surface area contributed by atoms with E-state index in [4.69, 9.17) is 4.84 Å². The van der Waals surface area contributed by atoms with Gasteiger partial charge in [0.05, 0.1) is 0 Å². The van der Waals surface area contributed by atoms with Gasteiger partial charge in [-0.05, 0) is 0 Å². The molecule has 1 aromatic heterocycles. The number of hydrogen-bond donors (Lipinski definition) is 0. The van der Waals surface area contributed by atoms with Gasteiger partial charge in [-0.1, -0.05) is 18.7 Å². The monoisotopic (exact) mass is 141 g/mol. The van der Waals surface area contributed by atoms with Crippen LogP contribution >= 0.6 is 0 Å². The first-order valence-electron chi connectivity index (χ1n) is 3.20. The number of aromatic nitrogens is 3. The zero-order chi connectivity index (χ0) is 7.56. The first-order chi connectivity index (χ1) is 4.74. The van der Waals surface area contributed by atoms with Gasteiger partial charge in [-0.2, -0.15) is 0 Å². The van der Waals surface area contributed by atoms with Crippen molar-refractivity contribution in [1.82, 2.24) is 14.9 Å². The quantitative estimate of drug-likeness (QED) is 0.600. The van der Waals surface area contributed by atoms with Crippen molar-refractivity contribution in [2.45, 2.75) is 19.8 Å². The molecule has 0 aliphatic carbocycles. The molecule has 0 fully saturated rings. The molecule has 0 radical (unpaired) electrons. The van der Waals surface area contributed by atoms with Gasteiger partial charge in [-0.15, -0.1) is 5.10 Å². The van der Waals surface area contributed by atoms with E-state index in [1.54, 1.807) is 13.4 Å². The van der Waals surface area contributed by atoms with Crippen LogP contribution in [0.4, 0.5) is 0 Å². The molecule has 0 atom stereocenters. The highest BCUT2D eigenvalue weighted by Gasteiger charge is 2.03. The molecule has 0 aliphatic heterocycles. The summed E-state index contributed by atoms with van der Waals surface area (Å²) in [5.41, 5.74) is 0. The molecule has 0 saturated carbocycles. The van der Waals surface area contributed by atoms with Gasteiger partial charge in [0.2, 0.25) is 0 Å². The second-order valence-electron chi connectivity index (χ2n) is 2.34. The van der Waals surface area contributed by atoms with Crippen molar-refractivity contribution in [2.75, 3.05) is 7.11 Å². The molecule has 10 heavy (non-hydrogen) atoms. The van der Waals surface area contributed by atoms with Gasteiger partial charge < -0.3 is 4.84 Å². The maximum atomic E-state index is 4.79. The molecule has 0 amide bonds. The third-order valence-electron chi connectivity index (χ3n) is 1.19. The summed E-state index contributed by atoms with van der Waals surface area (Å²) in [6.45, 7) is 4.07. The van der Waals surface area contributed by atoms with Crippen molar-refractivity contribution < 1.29 is 4.84 Å². The molecule has 0 bridgehead atoms. The third-order valence-corrected chi connectivity index (χ3v) is 1.19. The lowest BCUT2D eigenvalue weighted by atomic mass is 10.2. The van der Waals surface area contributed by atoms with Gasteiger partial charge in [-0.25, -0.2) is 4.98 Å². The average molecular weight is 141 g/mol. The fourth-order valence-corrected chi connectivity index (χ4v) is 0.614. The highest BCUT2D eigenvalue weighted by Crippen LogP contribution is 2.05. The molecule has 0 unspecified atom stereocenters. The molecule has 1 rings (SSSR count). The Morgan fingerprint density at radius 1 is 1.60 bits per heavy atom. The zero-order valence-corrected chi connectivity index (χ0v) is 6.40. The van der Waals surface area contributed by atoms with E-state index < -0.39 is 0 Å². The topological polar surface area (TPSA) is 39.9 Å². The molecule has 0 aromatic carbocycles. The molecule has 4 heteroatoms. The predicted molar refractivity (Wildman–Crippen MR) is 36.6 cm³/mol. The lowest BCUT2D eigenvalue weighted by Gasteiger charge is -1.95. The maximum Gasteiger partial charge on any atom is 0.156 e. The number of rotatable bonds is 2. The van der Waals surface area contributed by atoms with Crippen molar-refractivity contribution in [3.63, 3.8) is 0 Å². The molecular formula is C6H11N3O. The summed E-state index contributed by atoms with van der Waals surface area (Å²) >= 11 is 0. The summed E-state index contributed by atoms with van der Waals surface area (Å²) in [6, 6.07) is 0. The van der Waals surface area contributed by atoms with Crippen molar-refractivity contribution in [3.05, 3.63) is 12.2 Å². The molecule has 1 heterocycles. The summed E-state index contributed by atoms with van der Waals surface area (Å²) < 4.78 is 0. The van der Waals surface area contributed by atoms with E-state index in [9.17, 15) is 0 Å². The SMILES string of the molecule is COn1cnc(C(C)C)n1. The summed E-state index contributed by atoms with van der Waals surface area (Å²) in [5, 5.41) is 4.01. The van der Waals surface area contributed by atoms with Gasteiger partial charge in [0.15, 0.2) is 12.2 Å². The van der Waals surface area contributed by atoms with E-state index in [1.165, 1.54) is 4.85 Å². The Balaban J connectivity index is 2.78. The highest BCUT2D eigenvalue weighted by molar-refractivity contribution is 4.87. The minimum atomic E-state index is 0.358. The Morgan fingerprint density at radius 3 is 2.60 bits per heavy atom. The minimum Gasteiger partial charge on any atom is -0.399 e. The highest BCUT2D eigenvalue weighted by atomic mass is 16.7. The second kappa shape index (κ2) is 2.68. The maximum absolute atomic E-state index is 4.79. The number of nitrogens with zero attached hydrogens (tertiary/aromatic N) is 3. The zero-order valence-electron chi connectivity index (χ0n) is 6.40. The van der Waals surface area contributed by atoms with Crippen molar-refractivity contribution in [3.8, 4) is 0 Å². The Hall–Kier alpha value is -1.06. The van der Waals surface area contributed by atoms with E-state index >= 15 is 0 Å². The fraction of sp³-hybridized carbons (Fsp3) is 0.667. The van der Waals surface area contributed by atoms with Crippen molar-refractivity contribution in [2.24, 2.45) is 0 Å². The van der Waals surface area contributed by atoms with Crippen LogP contribution in [0.3, 0.4) is 0 Å². The predicted octanol–water partition coefficient (Wildman–Crippen LogP) is 0.460. The summed E-state index contributed by atoms with van der Waals surface area (Å²) in [5.74, 6) is 1.17. The lowest BCUT2D eigenvalue weighted by molar-refractivity contribution is 0.132. The largest absolute Gasteiger partial charge is 0.399 e. The van der Waals surface area contributed by atoms with Gasteiger partial charge in [0.25, 0.3) is 0 Å². The van der Waals surface area contributed by atoms with Crippen molar-refractivity contribution in [1.29, 1.82) is 0 Å². The van der Waals surface area contributed by atoms with E-state index in [1.807, 2.05) is 13.8 Å². The average Bonchev–Trinajstić information content (AvgIpc) is 2.34. The van der Waals surface area contributed by atoms with Gasteiger partial charge >= 0.3 is 0 Å². The van der Waals surface area contributed by atoms with Crippen LogP contribution in [0.1, 0.15) is 25.6 Å². The van der Waals surface area contributed by atoms with Crippen LogP contribution in [-0.2, 0) is 0 Å². The molecule has 0 spiro atoms. The molecule has 0 saturated heterocycles. The molecule has 4 nitrogen and oxygen atoms in total. The standard InChI is InChI=1S/C6H11N3O/c1-5(2)6-7-4-9(8-6)10-3/h4-5H,1-3H3. The van der Waals surface area contributed by atoms with E-state index in [0.717, 1.165) is 5.82 Å². The van der Waals surface area contributed by atoms with E-state index in [2.05, 4.69) is 10.1 Å². The summed E-state index contributed by atoms with van der Waals surface area (Å²) in [4.78, 5) is 10.1. The lowest BCUT2D eigenvalue weighted by Crippen LogP contribution is -2.06. The smallest absolute Gasteiger partial charge is 0.156 e. The molecule has 0 aliphatic rings. The Kier molecular flexibility index (Phi) is 1.89. The molecule has 1 aromatic rings. The molecule has 56 valence electrons. The van der Waals surface area contributed by atoms with E-state index in [-0.39, 0.29) is 0 Å². The van der Waals surface area contributed by atoms with Gasteiger partial charge in [0.1, 0.15) is 7.11 Å². The van der Waals surface area contributed by atoms with Crippen LogP contribution in [0.2, 0.25) is 0 Å². The first-order valence-corrected chi connectivity index (χ1v) is 3.20. The summed E-state index contributed by atoms with van der Waals surface area (Å²) in [6.07, 6.45) is 1.55. The molecular weight excluding hydrogens is 130 g/mol. The second-order valence-corrected chi connectivity index (χ2v) is 2.34. The Bertz CT molecular complexity index is 207. The van der Waals surface area contributed by atoms with E-state index in [0.29, 0.717) is 5.92 Å². The van der Waals surface area contributed by atoms with Crippen LogP contribution in [0.5, 0.6) is 0 Å². The van der Waals surface area contributed by atoms with Crippen LogP contribution in [0.15, 0.2) is 6.33 Å². The molecule has 0 N–H and O–H groups in total. The third kappa shape index (κ3) is 1.26. The summed E-state index contributed by atoms with van der Waals surface area (Å²) in [7, 11) is 1.55. The minimum absolute atomic E-state index is 0.358. The normalized spacial score (nSPS) is 10.4. The number of hydrogen-bond acceptors (Lipinski definition) is 3. The first kappa shape index (κ1) is 7.05. The van der Waals surface area contributed by atoms with Crippen LogP contribution in [-0.4, -0.2) is 22.0 Å². The van der Waals surface area contributed by atoms with Crippen LogP contribution in [0.25, 0.3) is 0 Å². The fourth-order valence-electron chi connectivity index (χ4n) is 0.614. The van der Waals surface area contributed by atoms with Gasteiger partial charge in [-0.3, -0.25) is 0 Å². The van der Waals surface area contributed by atoms with Crippen LogP contribution < -0.4 is 4.84 Å². The van der Waals surface area contributed by atoms with Gasteiger partial charge in [0, 0.05) is 5.92 Å². The Morgan fingerprint density at radius 2 is 2.30 bits per heavy atom. The van der Waals surface area contributed by atoms with Crippen molar-refractivity contribution >= 4 is 0 Å². The van der Waals surface area contributed by atoms with Crippen LogP contribution in [0, 0.1) is 0 Å².